The molecular formula is C39H30N2O. The maximum absolute atomic E-state index is 12.8. The second-order valence-corrected chi connectivity index (χ2v) is 10.7. The number of amides is 1. The van der Waals surface area contributed by atoms with E-state index in [0.717, 1.165) is 39.3 Å². The van der Waals surface area contributed by atoms with Crippen molar-refractivity contribution >= 4 is 39.1 Å². The number of nitrogens with zero attached hydrogens (tertiary/aromatic N) is 2. The van der Waals surface area contributed by atoms with E-state index in [-0.39, 0.29) is 5.91 Å². The number of aryl methyl sites for hydroxylation is 1. The van der Waals surface area contributed by atoms with Crippen molar-refractivity contribution < 1.29 is 4.79 Å². The van der Waals surface area contributed by atoms with Gasteiger partial charge < -0.3 is 4.57 Å². The summed E-state index contributed by atoms with van der Waals surface area (Å²) in [6.07, 6.45) is 0. The molecule has 0 atom stereocenters. The molecule has 0 N–H and O–H groups in total. The van der Waals surface area contributed by atoms with Crippen molar-refractivity contribution in [3.05, 3.63) is 151 Å². The lowest BCUT2D eigenvalue weighted by atomic mass is 10.0. The van der Waals surface area contributed by atoms with Crippen LogP contribution >= 0.6 is 0 Å². The zero-order chi connectivity index (χ0) is 28.6. The summed E-state index contributed by atoms with van der Waals surface area (Å²) in [4.78, 5) is 14.6. The Morgan fingerprint density at radius 1 is 0.524 bits per heavy atom. The van der Waals surface area contributed by atoms with Crippen LogP contribution < -0.4 is 4.90 Å². The number of aromatic nitrogens is 1. The van der Waals surface area contributed by atoms with Crippen LogP contribution in [0.15, 0.2) is 146 Å². The number of carbonyl (C=O) groups excluding carboxylic acids is 1. The molecule has 0 aliphatic carbocycles. The van der Waals surface area contributed by atoms with Gasteiger partial charge in [0.1, 0.15) is 0 Å². The summed E-state index contributed by atoms with van der Waals surface area (Å²) in [7, 11) is 0. The summed E-state index contributed by atoms with van der Waals surface area (Å²) in [5.74, 6) is -0.0271. The molecule has 0 saturated heterocycles. The first-order valence-electron chi connectivity index (χ1n) is 14.2. The van der Waals surface area contributed by atoms with Gasteiger partial charge in [0.15, 0.2) is 0 Å². The predicted octanol–water partition coefficient (Wildman–Crippen LogP) is 10.1. The molecule has 7 aromatic rings. The first kappa shape index (κ1) is 25.6. The fourth-order valence-electron chi connectivity index (χ4n) is 5.92. The van der Waals surface area contributed by atoms with Crippen molar-refractivity contribution in [3.63, 3.8) is 0 Å². The number of benzene rings is 6. The number of hydrogen-bond donors (Lipinski definition) is 0. The molecule has 7 rings (SSSR count). The molecule has 0 saturated carbocycles. The standard InChI is InChI=1S/C39H30N2O/c1-27-13-23-38-36(25-27)37-26-32(18-24-39(37)41(38)33-11-7-4-8-12-33)31-16-21-35(22-17-31)40(28(2)42)34-19-14-30(15-20-34)29-9-5-3-6-10-29/h3-26H,1-2H3. The molecule has 3 nitrogen and oxygen atoms in total. The molecule has 1 amide bonds. The normalized spacial score (nSPS) is 11.2. The highest BCUT2D eigenvalue weighted by Crippen LogP contribution is 2.36. The minimum absolute atomic E-state index is 0.0271. The van der Waals surface area contributed by atoms with Gasteiger partial charge in [-0.05, 0) is 89.8 Å². The Morgan fingerprint density at radius 2 is 1.00 bits per heavy atom. The summed E-state index contributed by atoms with van der Waals surface area (Å²) < 4.78 is 2.34. The van der Waals surface area contributed by atoms with Crippen molar-refractivity contribution in [1.29, 1.82) is 0 Å². The Bertz CT molecular complexity index is 2040. The smallest absolute Gasteiger partial charge is 0.228 e. The van der Waals surface area contributed by atoms with Gasteiger partial charge in [0.25, 0.3) is 0 Å². The van der Waals surface area contributed by atoms with Gasteiger partial charge in [-0.3, -0.25) is 9.69 Å². The molecule has 0 aliphatic rings. The monoisotopic (exact) mass is 542 g/mol. The molecular weight excluding hydrogens is 512 g/mol. The minimum atomic E-state index is -0.0271. The number of fused-ring (bicyclic) bond motifs is 3. The van der Waals surface area contributed by atoms with Gasteiger partial charge in [0, 0.05) is 34.8 Å². The van der Waals surface area contributed by atoms with Gasteiger partial charge in [-0.2, -0.15) is 0 Å². The van der Waals surface area contributed by atoms with E-state index in [9.17, 15) is 4.79 Å². The highest BCUT2D eigenvalue weighted by Gasteiger charge is 2.16. The van der Waals surface area contributed by atoms with E-state index in [1.165, 1.54) is 27.4 Å². The molecule has 6 aromatic carbocycles. The van der Waals surface area contributed by atoms with Crippen LogP contribution in [-0.2, 0) is 4.79 Å². The van der Waals surface area contributed by atoms with Crippen molar-refractivity contribution in [3.8, 4) is 27.9 Å². The van der Waals surface area contributed by atoms with Crippen LogP contribution in [0.1, 0.15) is 12.5 Å². The van der Waals surface area contributed by atoms with E-state index >= 15 is 0 Å². The lowest BCUT2D eigenvalue weighted by Crippen LogP contribution is -2.22. The lowest BCUT2D eigenvalue weighted by Gasteiger charge is -2.22. The van der Waals surface area contributed by atoms with Gasteiger partial charge in [-0.25, -0.2) is 0 Å². The van der Waals surface area contributed by atoms with Crippen molar-refractivity contribution in [2.75, 3.05) is 4.90 Å². The van der Waals surface area contributed by atoms with Gasteiger partial charge in [0.2, 0.25) is 5.91 Å². The van der Waals surface area contributed by atoms with E-state index in [1.807, 2.05) is 42.5 Å². The molecule has 0 spiro atoms. The lowest BCUT2D eigenvalue weighted by molar-refractivity contribution is -0.115. The van der Waals surface area contributed by atoms with Gasteiger partial charge in [0.05, 0.1) is 11.0 Å². The third kappa shape index (κ3) is 4.55. The van der Waals surface area contributed by atoms with Crippen LogP contribution in [0.3, 0.4) is 0 Å². The van der Waals surface area contributed by atoms with E-state index < -0.39 is 0 Å². The Morgan fingerprint density at radius 3 is 1.60 bits per heavy atom. The fraction of sp³-hybridized carbons (Fsp3) is 0.0513. The highest BCUT2D eigenvalue weighted by atomic mass is 16.2. The quantitative estimate of drug-likeness (QED) is 0.212. The summed E-state index contributed by atoms with van der Waals surface area (Å²) in [5.41, 5.74) is 11.0. The second-order valence-electron chi connectivity index (χ2n) is 10.7. The number of anilines is 2. The zero-order valence-corrected chi connectivity index (χ0v) is 23.7. The maximum Gasteiger partial charge on any atom is 0.228 e. The van der Waals surface area contributed by atoms with Crippen molar-refractivity contribution in [2.45, 2.75) is 13.8 Å². The molecule has 0 radical (unpaired) electrons. The molecule has 1 aromatic heterocycles. The number of carbonyl (C=O) groups is 1. The molecule has 0 bridgehead atoms. The minimum Gasteiger partial charge on any atom is -0.309 e. The first-order valence-corrected chi connectivity index (χ1v) is 14.2. The second kappa shape index (κ2) is 10.5. The molecule has 202 valence electrons. The number of hydrogen-bond acceptors (Lipinski definition) is 1. The average molecular weight is 543 g/mol. The predicted molar refractivity (Wildman–Crippen MR) is 176 cm³/mol. The maximum atomic E-state index is 12.8. The van der Waals surface area contributed by atoms with Crippen LogP contribution in [0.4, 0.5) is 11.4 Å². The molecule has 0 fully saturated rings. The summed E-state index contributed by atoms with van der Waals surface area (Å²) >= 11 is 0. The summed E-state index contributed by atoms with van der Waals surface area (Å²) in [6, 6.07) is 50.6. The average Bonchev–Trinajstić information content (AvgIpc) is 3.35. The Balaban J connectivity index is 1.25. The van der Waals surface area contributed by atoms with E-state index in [2.05, 4.69) is 115 Å². The summed E-state index contributed by atoms with van der Waals surface area (Å²) in [6.45, 7) is 3.75. The highest BCUT2D eigenvalue weighted by molar-refractivity contribution is 6.10. The molecule has 3 heteroatoms. The number of rotatable bonds is 5. The van der Waals surface area contributed by atoms with E-state index in [1.54, 1.807) is 11.8 Å². The molecule has 0 unspecified atom stereocenters. The van der Waals surface area contributed by atoms with Crippen molar-refractivity contribution in [2.24, 2.45) is 0 Å². The third-order valence-electron chi connectivity index (χ3n) is 7.94. The Hall–Kier alpha value is -5.41. The molecule has 1 heterocycles. The fourth-order valence-corrected chi connectivity index (χ4v) is 5.92. The SMILES string of the molecule is CC(=O)N(c1ccc(-c2ccccc2)cc1)c1ccc(-c2ccc3c(c2)c2cc(C)ccc2n3-c2ccccc2)cc1. The van der Waals surface area contributed by atoms with Crippen LogP contribution in [0.2, 0.25) is 0 Å². The van der Waals surface area contributed by atoms with Crippen LogP contribution in [-0.4, -0.2) is 10.5 Å². The molecule has 42 heavy (non-hydrogen) atoms. The topological polar surface area (TPSA) is 25.2 Å². The summed E-state index contributed by atoms with van der Waals surface area (Å²) in [5, 5.41) is 2.47. The van der Waals surface area contributed by atoms with Crippen LogP contribution in [0.25, 0.3) is 49.7 Å². The van der Waals surface area contributed by atoms with Gasteiger partial charge in [-0.1, -0.05) is 90.5 Å². The first-order chi connectivity index (χ1) is 20.6. The van der Waals surface area contributed by atoms with Crippen molar-refractivity contribution in [1.82, 2.24) is 4.57 Å². The Labute approximate surface area is 245 Å². The Kier molecular flexibility index (Phi) is 6.41. The zero-order valence-electron chi connectivity index (χ0n) is 23.7. The largest absolute Gasteiger partial charge is 0.309 e. The van der Waals surface area contributed by atoms with E-state index in [0.29, 0.717) is 0 Å². The van der Waals surface area contributed by atoms with Gasteiger partial charge in [-0.15, -0.1) is 0 Å². The third-order valence-corrected chi connectivity index (χ3v) is 7.94. The van der Waals surface area contributed by atoms with Crippen LogP contribution in [0.5, 0.6) is 0 Å². The van der Waals surface area contributed by atoms with E-state index in [4.69, 9.17) is 0 Å². The van der Waals surface area contributed by atoms with Gasteiger partial charge >= 0.3 is 0 Å². The van der Waals surface area contributed by atoms with Crippen LogP contribution in [0, 0.1) is 6.92 Å². The number of para-hydroxylation sites is 1. The molecule has 0 aliphatic heterocycles.